The Morgan fingerprint density at radius 2 is 2.03 bits per heavy atom. The Kier molecular flexibility index (Phi) is 6.51. The van der Waals surface area contributed by atoms with E-state index in [-0.39, 0.29) is 28.3 Å². The monoisotopic (exact) mass is 526 g/mol. The van der Waals surface area contributed by atoms with E-state index in [2.05, 4.69) is 27.8 Å². The molecule has 2 amide bonds. The van der Waals surface area contributed by atoms with Crippen LogP contribution in [0.5, 0.6) is 0 Å². The molecule has 0 aliphatic carbocycles. The van der Waals surface area contributed by atoms with E-state index in [1.807, 2.05) is 0 Å². The number of hydrogen-bond donors (Lipinski definition) is 0. The summed E-state index contributed by atoms with van der Waals surface area (Å²) in [5.41, 5.74) is -0.818. The molecule has 1 aliphatic rings. The first-order chi connectivity index (χ1) is 15.7. The zero-order valence-corrected chi connectivity index (χ0v) is 19.4. The number of alkyl halides is 3. The number of furan rings is 1. The Morgan fingerprint density at radius 1 is 1.24 bits per heavy atom. The van der Waals surface area contributed by atoms with Crippen molar-refractivity contribution in [2.45, 2.75) is 32.4 Å². The van der Waals surface area contributed by atoms with Crippen LogP contribution >= 0.6 is 15.9 Å². The third kappa shape index (κ3) is 4.64. The lowest BCUT2D eigenvalue weighted by molar-refractivity contribution is -0.136. The standard InChI is InChI=1S/C22H22BrF3N4O3/c1-2-3-4-6-28-7-8-29(12-17(28)31)21(32)18-19(23)30-11-15(14-5-9-33-13-14)10-16(20(30)27-18)22(24,25)26/h5,9-11,13H,2-4,6-8,12H2,1H3. The van der Waals surface area contributed by atoms with E-state index in [4.69, 9.17) is 4.42 Å². The molecule has 1 fully saturated rings. The Hall–Kier alpha value is -2.82. The van der Waals surface area contributed by atoms with Gasteiger partial charge in [-0.1, -0.05) is 19.8 Å². The molecule has 4 rings (SSSR count). The van der Waals surface area contributed by atoms with Gasteiger partial charge in [0.1, 0.15) is 11.1 Å². The van der Waals surface area contributed by atoms with Gasteiger partial charge in [0, 0.05) is 37.0 Å². The van der Waals surface area contributed by atoms with E-state index >= 15 is 0 Å². The largest absolute Gasteiger partial charge is 0.472 e. The van der Waals surface area contributed by atoms with E-state index in [0.29, 0.717) is 25.2 Å². The van der Waals surface area contributed by atoms with Crippen molar-refractivity contribution in [1.82, 2.24) is 19.2 Å². The molecule has 0 N–H and O–H groups in total. The van der Waals surface area contributed by atoms with Gasteiger partial charge in [-0.25, -0.2) is 4.98 Å². The summed E-state index contributed by atoms with van der Waals surface area (Å²) in [6, 6.07) is 2.52. The highest BCUT2D eigenvalue weighted by Crippen LogP contribution is 2.37. The normalized spacial score (nSPS) is 15.0. The number of amides is 2. The minimum Gasteiger partial charge on any atom is -0.472 e. The minimum absolute atomic E-state index is 0.0937. The molecule has 0 atom stereocenters. The predicted octanol–water partition coefficient (Wildman–Crippen LogP) is 4.85. The molecule has 3 aromatic rings. The topological polar surface area (TPSA) is 71.1 Å². The number of rotatable bonds is 6. The highest BCUT2D eigenvalue weighted by Gasteiger charge is 2.37. The fourth-order valence-corrected chi connectivity index (χ4v) is 4.40. The predicted molar refractivity (Wildman–Crippen MR) is 118 cm³/mol. The van der Waals surface area contributed by atoms with Crippen LogP contribution in [-0.2, 0) is 11.0 Å². The number of hydrogen-bond acceptors (Lipinski definition) is 4. The smallest absolute Gasteiger partial charge is 0.420 e. The summed E-state index contributed by atoms with van der Waals surface area (Å²) in [5.74, 6) is -0.770. The molecule has 0 spiro atoms. The lowest BCUT2D eigenvalue weighted by Crippen LogP contribution is -2.52. The summed E-state index contributed by atoms with van der Waals surface area (Å²) in [6.45, 7) is 3.27. The van der Waals surface area contributed by atoms with Gasteiger partial charge in [0.15, 0.2) is 11.3 Å². The van der Waals surface area contributed by atoms with Crippen LogP contribution in [-0.4, -0.2) is 57.2 Å². The average molecular weight is 527 g/mol. The molecule has 1 saturated heterocycles. The lowest BCUT2D eigenvalue weighted by Gasteiger charge is -2.34. The van der Waals surface area contributed by atoms with Crippen molar-refractivity contribution in [3.05, 3.63) is 46.7 Å². The van der Waals surface area contributed by atoms with Gasteiger partial charge in [0.05, 0.1) is 18.1 Å². The first-order valence-corrected chi connectivity index (χ1v) is 11.4. The fraction of sp³-hybridized carbons (Fsp3) is 0.409. The maximum Gasteiger partial charge on any atom is 0.420 e. The number of imidazole rings is 1. The second-order valence-corrected chi connectivity index (χ2v) is 8.66. The van der Waals surface area contributed by atoms with Crippen LogP contribution in [0.3, 0.4) is 0 Å². The van der Waals surface area contributed by atoms with Crippen LogP contribution in [0.2, 0.25) is 0 Å². The van der Waals surface area contributed by atoms with Gasteiger partial charge in [0.25, 0.3) is 5.91 Å². The van der Waals surface area contributed by atoms with E-state index in [1.165, 1.54) is 28.0 Å². The summed E-state index contributed by atoms with van der Waals surface area (Å²) in [6.07, 6.45) is 2.42. The number of halogens is 4. The molecule has 1 aliphatic heterocycles. The van der Waals surface area contributed by atoms with Crippen molar-refractivity contribution in [3.63, 3.8) is 0 Å². The van der Waals surface area contributed by atoms with E-state index in [1.54, 1.807) is 11.0 Å². The summed E-state index contributed by atoms with van der Waals surface area (Å²) in [5, 5.41) is 0. The van der Waals surface area contributed by atoms with Gasteiger partial charge in [-0.3, -0.25) is 14.0 Å². The van der Waals surface area contributed by atoms with Gasteiger partial charge in [0.2, 0.25) is 5.91 Å². The molecular formula is C22H22BrF3N4O3. The molecule has 33 heavy (non-hydrogen) atoms. The van der Waals surface area contributed by atoms with Crippen molar-refractivity contribution in [3.8, 4) is 11.1 Å². The van der Waals surface area contributed by atoms with Crippen LogP contribution < -0.4 is 0 Å². The third-order valence-electron chi connectivity index (χ3n) is 5.66. The maximum atomic E-state index is 13.8. The van der Waals surface area contributed by atoms with Crippen LogP contribution in [0.1, 0.15) is 42.2 Å². The molecule has 4 heterocycles. The van der Waals surface area contributed by atoms with E-state index in [0.717, 1.165) is 25.3 Å². The molecule has 3 aromatic heterocycles. The number of pyridine rings is 1. The van der Waals surface area contributed by atoms with Crippen LogP contribution in [0, 0.1) is 0 Å². The molecule has 0 aromatic carbocycles. The van der Waals surface area contributed by atoms with Gasteiger partial charge in [-0.05, 0) is 34.5 Å². The summed E-state index contributed by atoms with van der Waals surface area (Å²) in [7, 11) is 0. The first-order valence-electron chi connectivity index (χ1n) is 10.6. The van der Waals surface area contributed by atoms with Crippen molar-refractivity contribution < 1.29 is 27.2 Å². The van der Waals surface area contributed by atoms with Crippen LogP contribution in [0.4, 0.5) is 13.2 Å². The molecule has 7 nitrogen and oxygen atoms in total. The number of carbonyl (C=O) groups is 2. The summed E-state index contributed by atoms with van der Waals surface area (Å²) in [4.78, 5) is 32.7. The second-order valence-electron chi connectivity index (χ2n) is 7.91. The molecule has 0 radical (unpaired) electrons. The average Bonchev–Trinajstić information content (AvgIpc) is 3.42. The molecular weight excluding hydrogens is 505 g/mol. The minimum atomic E-state index is -4.69. The van der Waals surface area contributed by atoms with Crippen molar-refractivity contribution in [1.29, 1.82) is 0 Å². The third-order valence-corrected chi connectivity index (χ3v) is 6.42. The molecule has 176 valence electrons. The zero-order valence-electron chi connectivity index (χ0n) is 17.9. The number of unbranched alkanes of at least 4 members (excludes halogenated alkanes) is 2. The van der Waals surface area contributed by atoms with Crippen LogP contribution in [0.25, 0.3) is 16.8 Å². The lowest BCUT2D eigenvalue weighted by atomic mass is 10.1. The van der Waals surface area contributed by atoms with Crippen molar-refractivity contribution >= 4 is 33.4 Å². The number of aromatic nitrogens is 2. The number of carbonyl (C=O) groups excluding carboxylic acids is 2. The Morgan fingerprint density at radius 3 is 2.67 bits per heavy atom. The Balaban J connectivity index is 1.65. The number of piperazine rings is 1. The van der Waals surface area contributed by atoms with Crippen molar-refractivity contribution in [2.75, 3.05) is 26.2 Å². The summed E-state index contributed by atoms with van der Waals surface area (Å²) < 4.78 is 47.7. The Bertz CT molecular complexity index is 1170. The first kappa shape index (κ1) is 23.3. The van der Waals surface area contributed by atoms with Gasteiger partial charge >= 0.3 is 6.18 Å². The Labute approximate surface area is 196 Å². The van der Waals surface area contributed by atoms with Gasteiger partial charge in [-0.15, -0.1) is 0 Å². The van der Waals surface area contributed by atoms with E-state index < -0.39 is 23.3 Å². The van der Waals surface area contributed by atoms with Gasteiger partial charge in [-0.2, -0.15) is 13.2 Å². The highest BCUT2D eigenvalue weighted by molar-refractivity contribution is 9.10. The number of fused-ring (bicyclic) bond motifs is 1. The van der Waals surface area contributed by atoms with Crippen molar-refractivity contribution in [2.24, 2.45) is 0 Å². The second kappa shape index (κ2) is 9.20. The maximum absolute atomic E-state index is 13.8. The fourth-order valence-electron chi connectivity index (χ4n) is 3.87. The molecule has 11 heteroatoms. The molecule has 0 saturated carbocycles. The SMILES string of the molecule is CCCCCN1CCN(C(=O)c2nc3c(C(F)(F)F)cc(-c4ccoc4)cn3c2Br)CC1=O. The molecule has 0 bridgehead atoms. The zero-order chi connectivity index (χ0) is 23.8. The number of nitrogens with zero attached hydrogens (tertiary/aromatic N) is 4. The van der Waals surface area contributed by atoms with Crippen LogP contribution in [0.15, 0.2) is 39.9 Å². The quantitative estimate of drug-likeness (QED) is 0.430. The molecule has 0 unspecified atom stereocenters. The van der Waals surface area contributed by atoms with E-state index in [9.17, 15) is 22.8 Å². The van der Waals surface area contributed by atoms with Gasteiger partial charge < -0.3 is 14.2 Å². The summed E-state index contributed by atoms with van der Waals surface area (Å²) >= 11 is 3.25. The highest BCUT2D eigenvalue weighted by atomic mass is 79.9.